The molecule has 0 bridgehead atoms. The maximum absolute atomic E-state index is 12.6. The molecule has 0 aromatic heterocycles. The zero-order valence-corrected chi connectivity index (χ0v) is 12.6. The molecule has 1 aromatic rings. The van der Waals surface area contributed by atoms with E-state index in [2.05, 4.69) is 13.8 Å². The van der Waals surface area contributed by atoms with Crippen molar-refractivity contribution < 1.29 is 14.7 Å². The summed E-state index contributed by atoms with van der Waals surface area (Å²) in [5, 5.41) is 9.31. The third-order valence-corrected chi connectivity index (χ3v) is 4.01. The van der Waals surface area contributed by atoms with Crippen LogP contribution in [0.1, 0.15) is 65.8 Å². The topological polar surface area (TPSA) is 83.6 Å². The van der Waals surface area contributed by atoms with E-state index in [0.29, 0.717) is 23.4 Å². The quantitative estimate of drug-likeness (QED) is 0.789. The summed E-state index contributed by atoms with van der Waals surface area (Å²) in [5.74, 6) is -1.12. The lowest BCUT2D eigenvalue weighted by molar-refractivity contribution is 0.0666. The first-order chi connectivity index (χ1) is 9.99. The molecule has 0 saturated heterocycles. The molecule has 3 N–H and O–H groups in total. The third kappa shape index (κ3) is 2.86. The number of carbonyl (C=O) groups is 2. The van der Waals surface area contributed by atoms with Crippen LogP contribution < -0.4 is 5.73 Å². The Balaban J connectivity index is 2.39. The third-order valence-electron chi connectivity index (χ3n) is 4.01. The normalized spacial score (nSPS) is 13.9. The number of amides is 1. The number of hydrogen-bond donors (Lipinski definition) is 2. The monoisotopic (exact) mass is 290 g/mol. The van der Waals surface area contributed by atoms with Crippen LogP contribution in [0.3, 0.4) is 0 Å². The predicted octanol–water partition coefficient (Wildman–Crippen LogP) is 2.89. The molecule has 1 aromatic carbocycles. The fraction of sp³-hybridized carbons (Fsp3) is 0.500. The molecule has 0 aliphatic carbocycles. The predicted molar refractivity (Wildman–Crippen MR) is 81.3 cm³/mol. The first-order valence-corrected chi connectivity index (χ1v) is 7.46. The Kier molecular flexibility index (Phi) is 4.50. The van der Waals surface area contributed by atoms with Crippen LogP contribution in [0.4, 0.5) is 5.69 Å². The smallest absolute Gasteiger partial charge is 0.336 e. The number of anilines is 1. The van der Waals surface area contributed by atoms with Crippen molar-refractivity contribution in [3.63, 3.8) is 0 Å². The minimum Gasteiger partial charge on any atom is -0.478 e. The number of nitrogens with two attached hydrogens (primary N) is 1. The molecular formula is C16H22N2O3. The van der Waals surface area contributed by atoms with Gasteiger partial charge in [0.05, 0.1) is 5.56 Å². The van der Waals surface area contributed by atoms with E-state index in [4.69, 9.17) is 5.73 Å². The molecule has 1 heterocycles. The van der Waals surface area contributed by atoms with Crippen LogP contribution in [-0.2, 0) is 6.54 Å². The van der Waals surface area contributed by atoms with Crippen LogP contribution in [0.5, 0.6) is 0 Å². The summed E-state index contributed by atoms with van der Waals surface area (Å²) in [6.45, 7) is 4.56. The summed E-state index contributed by atoms with van der Waals surface area (Å²) in [6, 6.07) is 3.20. The lowest BCUT2D eigenvalue weighted by Gasteiger charge is -2.27. The van der Waals surface area contributed by atoms with Crippen molar-refractivity contribution in [3.05, 3.63) is 28.8 Å². The molecule has 0 saturated carbocycles. The van der Waals surface area contributed by atoms with Gasteiger partial charge in [-0.15, -0.1) is 0 Å². The highest BCUT2D eigenvalue weighted by atomic mass is 16.4. The average molecular weight is 290 g/mol. The van der Waals surface area contributed by atoms with Crippen molar-refractivity contribution >= 4 is 17.6 Å². The van der Waals surface area contributed by atoms with E-state index in [9.17, 15) is 14.7 Å². The van der Waals surface area contributed by atoms with Gasteiger partial charge in [-0.2, -0.15) is 0 Å². The molecule has 1 aliphatic heterocycles. The number of carboxylic acids is 1. The molecule has 5 nitrogen and oxygen atoms in total. The summed E-state index contributed by atoms with van der Waals surface area (Å²) in [4.78, 5) is 25.8. The summed E-state index contributed by atoms with van der Waals surface area (Å²) in [7, 11) is 0. The van der Waals surface area contributed by atoms with Crippen molar-refractivity contribution in [1.29, 1.82) is 0 Å². The van der Waals surface area contributed by atoms with E-state index in [1.807, 2.05) is 4.90 Å². The van der Waals surface area contributed by atoms with Crippen LogP contribution in [0.25, 0.3) is 0 Å². The molecule has 2 rings (SSSR count). The van der Waals surface area contributed by atoms with Gasteiger partial charge in [-0.05, 0) is 30.5 Å². The van der Waals surface area contributed by atoms with Gasteiger partial charge in [0.1, 0.15) is 0 Å². The lowest BCUT2D eigenvalue weighted by atomic mass is 10.0. The summed E-state index contributed by atoms with van der Waals surface area (Å²) >= 11 is 0. The van der Waals surface area contributed by atoms with Crippen LogP contribution in [0.15, 0.2) is 12.1 Å². The van der Waals surface area contributed by atoms with E-state index in [1.54, 1.807) is 6.07 Å². The molecule has 0 unspecified atom stereocenters. The molecular weight excluding hydrogens is 268 g/mol. The number of hydrogen-bond acceptors (Lipinski definition) is 3. The Morgan fingerprint density at radius 1 is 1.33 bits per heavy atom. The Bertz CT molecular complexity index is 563. The van der Waals surface area contributed by atoms with E-state index >= 15 is 0 Å². The Hall–Kier alpha value is -2.04. The van der Waals surface area contributed by atoms with Gasteiger partial charge in [0, 0.05) is 23.8 Å². The van der Waals surface area contributed by atoms with Gasteiger partial charge in [0.25, 0.3) is 5.91 Å². The average Bonchev–Trinajstić information content (AvgIpc) is 2.75. The second kappa shape index (κ2) is 6.16. The number of aromatic carboxylic acids is 1. The van der Waals surface area contributed by atoms with E-state index < -0.39 is 5.97 Å². The summed E-state index contributed by atoms with van der Waals surface area (Å²) < 4.78 is 0. The van der Waals surface area contributed by atoms with Crippen molar-refractivity contribution in [1.82, 2.24) is 4.90 Å². The summed E-state index contributed by atoms with van der Waals surface area (Å²) in [5.41, 5.74) is 7.25. The van der Waals surface area contributed by atoms with Crippen molar-refractivity contribution in [3.8, 4) is 0 Å². The Labute approximate surface area is 124 Å². The van der Waals surface area contributed by atoms with Gasteiger partial charge >= 0.3 is 5.97 Å². The van der Waals surface area contributed by atoms with Crippen LogP contribution in [-0.4, -0.2) is 27.9 Å². The highest BCUT2D eigenvalue weighted by molar-refractivity contribution is 6.04. The molecule has 5 heteroatoms. The number of benzene rings is 1. The lowest BCUT2D eigenvalue weighted by Crippen LogP contribution is -2.35. The van der Waals surface area contributed by atoms with Crippen molar-refractivity contribution in [2.75, 3.05) is 5.73 Å². The number of rotatable bonds is 6. The Morgan fingerprint density at radius 2 is 1.95 bits per heavy atom. The number of fused-ring (bicyclic) bond motifs is 1. The minimum absolute atomic E-state index is 0.0910. The number of nitrogens with zero attached hydrogens (tertiary/aromatic N) is 1. The first-order valence-electron chi connectivity index (χ1n) is 7.46. The molecule has 0 atom stereocenters. The largest absolute Gasteiger partial charge is 0.478 e. The number of nitrogen functional groups attached to an aromatic ring is 1. The highest BCUT2D eigenvalue weighted by Gasteiger charge is 2.34. The molecule has 0 spiro atoms. The number of carboxylic acid groups (broad SMARTS) is 1. The van der Waals surface area contributed by atoms with Crippen LogP contribution >= 0.6 is 0 Å². The van der Waals surface area contributed by atoms with E-state index in [-0.39, 0.29) is 17.5 Å². The van der Waals surface area contributed by atoms with Crippen LogP contribution in [0.2, 0.25) is 0 Å². The van der Waals surface area contributed by atoms with Gasteiger partial charge in [-0.1, -0.05) is 26.7 Å². The second-order valence-corrected chi connectivity index (χ2v) is 5.56. The summed E-state index contributed by atoms with van der Waals surface area (Å²) in [6.07, 6.45) is 3.87. The van der Waals surface area contributed by atoms with Crippen molar-refractivity contribution in [2.45, 2.75) is 52.1 Å². The fourth-order valence-corrected chi connectivity index (χ4v) is 3.06. The maximum Gasteiger partial charge on any atom is 0.336 e. The van der Waals surface area contributed by atoms with Crippen LogP contribution in [0, 0.1) is 0 Å². The minimum atomic E-state index is -1.03. The zero-order chi connectivity index (χ0) is 15.6. The second-order valence-electron chi connectivity index (χ2n) is 5.56. The standard InChI is InChI=1S/C16H22N2O3/c1-3-5-11(6-4-2)18-9-14-12(15(18)19)7-10(17)8-13(14)16(20)21/h7-8,11H,3-6,9,17H2,1-2H3,(H,20,21). The molecule has 21 heavy (non-hydrogen) atoms. The van der Waals surface area contributed by atoms with Gasteiger partial charge in [-0.25, -0.2) is 4.79 Å². The fourth-order valence-electron chi connectivity index (χ4n) is 3.06. The van der Waals surface area contributed by atoms with Gasteiger partial charge in [0.2, 0.25) is 0 Å². The molecule has 1 amide bonds. The van der Waals surface area contributed by atoms with Crippen molar-refractivity contribution in [2.24, 2.45) is 0 Å². The highest BCUT2D eigenvalue weighted by Crippen LogP contribution is 2.32. The van der Waals surface area contributed by atoms with Gasteiger partial charge in [-0.3, -0.25) is 4.79 Å². The SMILES string of the molecule is CCCC(CCC)N1Cc2c(C(=O)O)cc(N)cc2C1=O. The maximum atomic E-state index is 12.6. The molecule has 0 fully saturated rings. The first kappa shape index (κ1) is 15.4. The van der Waals surface area contributed by atoms with E-state index in [1.165, 1.54) is 6.07 Å². The van der Waals surface area contributed by atoms with E-state index in [0.717, 1.165) is 25.7 Å². The molecule has 114 valence electrons. The van der Waals surface area contributed by atoms with Gasteiger partial charge < -0.3 is 15.7 Å². The molecule has 1 aliphatic rings. The zero-order valence-electron chi connectivity index (χ0n) is 12.6. The molecule has 0 radical (unpaired) electrons. The number of carbonyl (C=O) groups excluding carboxylic acids is 1. The Morgan fingerprint density at radius 3 is 2.48 bits per heavy atom. The van der Waals surface area contributed by atoms with Gasteiger partial charge in [0.15, 0.2) is 0 Å².